The second kappa shape index (κ2) is 9.25. The van der Waals surface area contributed by atoms with E-state index < -0.39 is 10.0 Å². The van der Waals surface area contributed by atoms with E-state index in [1.54, 1.807) is 0 Å². The van der Waals surface area contributed by atoms with Crippen LogP contribution in [0.25, 0.3) is 0 Å². The summed E-state index contributed by atoms with van der Waals surface area (Å²) < 4.78 is 27.8. The van der Waals surface area contributed by atoms with Gasteiger partial charge in [0.2, 0.25) is 15.9 Å². The van der Waals surface area contributed by atoms with Gasteiger partial charge in [-0.05, 0) is 37.6 Å². The van der Waals surface area contributed by atoms with Crippen LogP contribution in [0, 0.1) is 0 Å². The van der Waals surface area contributed by atoms with E-state index >= 15 is 0 Å². The van der Waals surface area contributed by atoms with Crippen molar-refractivity contribution >= 4 is 37.6 Å². The average molecular weight is 453 g/mol. The fourth-order valence-electron chi connectivity index (χ4n) is 2.47. The van der Waals surface area contributed by atoms with Gasteiger partial charge in [0.05, 0.1) is 10.9 Å². The van der Waals surface area contributed by atoms with Gasteiger partial charge >= 0.3 is 0 Å². The van der Waals surface area contributed by atoms with Gasteiger partial charge in [0, 0.05) is 23.0 Å². The molecule has 0 bridgehead atoms. The second-order valence-corrected chi connectivity index (χ2v) is 8.66. The molecule has 8 heteroatoms. The maximum absolute atomic E-state index is 12.2. The van der Waals surface area contributed by atoms with Crippen LogP contribution in [0.4, 0.5) is 0 Å². The predicted molar refractivity (Wildman–Crippen MR) is 107 cm³/mol. The molecule has 0 radical (unpaired) electrons. The van der Waals surface area contributed by atoms with Crippen LogP contribution in [-0.2, 0) is 14.8 Å². The van der Waals surface area contributed by atoms with Crippen LogP contribution in [0.15, 0.2) is 57.9 Å². The number of carbonyl (C=O) groups excluding carboxylic acids is 2. The Hall–Kier alpha value is -2.03. The first-order valence-electron chi connectivity index (χ1n) is 8.35. The van der Waals surface area contributed by atoms with Gasteiger partial charge in [-0.15, -0.1) is 0 Å². The molecule has 0 aliphatic carbocycles. The van der Waals surface area contributed by atoms with E-state index in [9.17, 15) is 18.0 Å². The molecule has 0 spiro atoms. The fourth-order valence-corrected chi connectivity index (χ4v) is 4.13. The monoisotopic (exact) mass is 452 g/mol. The molecule has 0 aromatic heterocycles. The van der Waals surface area contributed by atoms with Crippen molar-refractivity contribution in [3.05, 3.63) is 64.1 Å². The molecule has 1 unspecified atom stereocenters. The van der Waals surface area contributed by atoms with E-state index in [1.807, 2.05) is 31.2 Å². The van der Waals surface area contributed by atoms with Gasteiger partial charge in [-0.3, -0.25) is 9.59 Å². The van der Waals surface area contributed by atoms with Crippen molar-refractivity contribution in [2.75, 3.05) is 6.54 Å². The summed E-state index contributed by atoms with van der Waals surface area (Å²) in [4.78, 5) is 23.4. The lowest BCUT2D eigenvalue weighted by atomic mass is 10.1. The highest BCUT2D eigenvalue weighted by molar-refractivity contribution is 9.10. The van der Waals surface area contributed by atoms with Crippen molar-refractivity contribution in [1.29, 1.82) is 0 Å². The average Bonchev–Trinajstić information content (AvgIpc) is 2.61. The summed E-state index contributed by atoms with van der Waals surface area (Å²) in [5.74, 6) is -0.393. The smallest absolute Gasteiger partial charge is 0.240 e. The van der Waals surface area contributed by atoms with Crippen molar-refractivity contribution < 1.29 is 18.0 Å². The third kappa shape index (κ3) is 5.98. The van der Waals surface area contributed by atoms with Gasteiger partial charge in [-0.2, -0.15) is 0 Å². The van der Waals surface area contributed by atoms with Gasteiger partial charge in [0.15, 0.2) is 5.78 Å². The molecule has 1 amide bonds. The number of rotatable bonds is 8. The van der Waals surface area contributed by atoms with E-state index in [0.717, 1.165) is 10.0 Å². The van der Waals surface area contributed by atoms with E-state index in [4.69, 9.17) is 0 Å². The molecule has 2 N–H and O–H groups in total. The van der Waals surface area contributed by atoms with E-state index in [-0.39, 0.29) is 35.6 Å². The molecule has 2 rings (SSSR count). The number of amides is 1. The van der Waals surface area contributed by atoms with Crippen LogP contribution in [0.1, 0.15) is 42.2 Å². The van der Waals surface area contributed by atoms with Crippen LogP contribution >= 0.6 is 15.9 Å². The first-order valence-corrected chi connectivity index (χ1v) is 10.6. The highest BCUT2D eigenvalue weighted by Gasteiger charge is 2.16. The van der Waals surface area contributed by atoms with Gasteiger partial charge in [0.25, 0.3) is 0 Å². The molecule has 0 aliphatic heterocycles. The number of hydrogen-bond donors (Lipinski definition) is 2. The number of ketones is 1. The maximum atomic E-state index is 12.2. The number of benzene rings is 2. The number of nitrogens with one attached hydrogen (secondary N) is 2. The molecule has 0 fully saturated rings. The van der Waals surface area contributed by atoms with Gasteiger partial charge in [-0.1, -0.05) is 46.3 Å². The lowest BCUT2D eigenvalue weighted by Gasteiger charge is -2.16. The molecule has 1 atom stereocenters. The quantitative estimate of drug-likeness (QED) is 0.601. The van der Waals surface area contributed by atoms with Gasteiger partial charge < -0.3 is 5.32 Å². The number of Topliss-reactive ketones (excluding diaryl/α,β-unsaturated/α-hetero) is 1. The lowest BCUT2D eigenvalue weighted by Crippen LogP contribution is -2.32. The first-order chi connectivity index (χ1) is 12.7. The molecule has 144 valence electrons. The van der Waals surface area contributed by atoms with Crippen molar-refractivity contribution in [2.24, 2.45) is 0 Å². The fraction of sp³-hybridized carbons (Fsp3) is 0.263. The molecule has 2 aromatic carbocycles. The van der Waals surface area contributed by atoms with E-state index in [1.165, 1.54) is 31.2 Å². The zero-order valence-corrected chi connectivity index (χ0v) is 17.4. The molecule has 0 aliphatic rings. The maximum Gasteiger partial charge on any atom is 0.240 e. The molecule has 0 heterocycles. The van der Waals surface area contributed by atoms with Crippen LogP contribution in [0.5, 0.6) is 0 Å². The summed E-state index contributed by atoms with van der Waals surface area (Å²) in [5.41, 5.74) is 1.38. The molecule has 27 heavy (non-hydrogen) atoms. The Morgan fingerprint density at radius 2 is 1.70 bits per heavy atom. The summed E-state index contributed by atoms with van der Waals surface area (Å²) in [7, 11) is -3.73. The topological polar surface area (TPSA) is 92.3 Å². The molecule has 6 nitrogen and oxygen atoms in total. The number of sulfonamides is 1. The summed E-state index contributed by atoms with van der Waals surface area (Å²) in [6.07, 6.45) is 0.0134. The number of halogens is 1. The third-order valence-corrected chi connectivity index (χ3v) is 6.16. The van der Waals surface area contributed by atoms with Crippen LogP contribution in [-0.4, -0.2) is 26.7 Å². The van der Waals surface area contributed by atoms with E-state index in [2.05, 4.69) is 26.0 Å². The Labute approximate surface area is 167 Å². The number of hydrogen-bond acceptors (Lipinski definition) is 4. The predicted octanol–water partition coefficient (Wildman–Crippen LogP) is 3.20. The number of carbonyl (C=O) groups is 2. The zero-order chi connectivity index (χ0) is 20.0. The largest absolute Gasteiger partial charge is 0.350 e. The third-order valence-electron chi connectivity index (χ3n) is 3.96. The SMILES string of the molecule is CC(=O)c1ccc(S(=O)(=O)NCCC(=O)NC(C)c2ccccc2Br)cc1. The molecule has 0 saturated heterocycles. The van der Waals surface area contributed by atoms with E-state index in [0.29, 0.717) is 5.56 Å². The normalized spacial score (nSPS) is 12.4. The summed E-state index contributed by atoms with van der Waals surface area (Å²) in [5, 5.41) is 2.84. The Morgan fingerprint density at radius 1 is 1.07 bits per heavy atom. The summed E-state index contributed by atoms with van der Waals surface area (Å²) in [6, 6.07) is 13.0. The van der Waals surface area contributed by atoms with Crippen LogP contribution in [0.2, 0.25) is 0 Å². The Morgan fingerprint density at radius 3 is 2.30 bits per heavy atom. The van der Waals surface area contributed by atoms with Crippen molar-refractivity contribution in [3.8, 4) is 0 Å². The molecule has 0 saturated carbocycles. The minimum Gasteiger partial charge on any atom is -0.350 e. The lowest BCUT2D eigenvalue weighted by molar-refractivity contribution is -0.121. The second-order valence-electron chi connectivity index (χ2n) is 6.04. The zero-order valence-electron chi connectivity index (χ0n) is 15.0. The highest BCUT2D eigenvalue weighted by atomic mass is 79.9. The van der Waals surface area contributed by atoms with Gasteiger partial charge in [0.1, 0.15) is 0 Å². The van der Waals surface area contributed by atoms with Crippen LogP contribution < -0.4 is 10.0 Å². The standard InChI is InChI=1S/C19H21BrN2O4S/c1-13(17-5-3-4-6-18(17)20)22-19(24)11-12-21-27(25,26)16-9-7-15(8-10-16)14(2)23/h3-10,13,21H,11-12H2,1-2H3,(H,22,24). The Kier molecular flexibility index (Phi) is 7.29. The Balaban J connectivity index is 1.88. The van der Waals surface area contributed by atoms with Crippen LogP contribution in [0.3, 0.4) is 0 Å². The Bertz CT molecular complexity index is 927. The highest BCUT2D eigenvalue weighted by Crippen LogP contribution is 2.22. The van der Waals surface area contributed by atoms with Gasteiger partial charge in [-0.25, -0.2) is 13.1 Å². The van der Waals surface area contributed by atoms with Crippen molar-refractivity contribution in [2.45, 2.75) is 31.2 Å². The molecular formula is C19H21BrN2O4S. The molecular weight excluding hydrogens is 432 g/mol. The molecule has 2 aromatic rings. The first kappa shape index (κ1) is 21.3. The minimum absolute atomic E-state index is 0.0134. The minimum atomic E-state index is -3.73. The summed E-state index contributed by atoms with van der Waals surface area (Å²) in [6.45, 7) is 3.25. The summed E-state index contributed by atoms with van der Waals surface area (Å²) >= 11 is 3.44. The van der Waals surface area contributed by atoms with Crippen molar-refractivity contribution in [1.82, 2.24) is 10.0 Å². The van der Waals surface area contributed by atoms with Crippen molar-refractivity contribution in [3.63, 3.8) is 0 Å².